The van der Waals surface area contributed by atoms with Crippen molar-refractivity contribution in [2.45, 2.75) is 59.1 Å². The van der Waals surface area contributed by atoms with Crippen LogP contribution in [0.4, 0.5) is 5.82 Å². The van der Waals surface area contributed by atoms with Crippen LogP contribution >= 0.6 is 11.6 Å². The molecule has 1 aliphatic carbocycles. The number of nitrogens with zero attached hydrogens (tertiary/aromatic N) is 2. The van der Waals surface area contributed by atoms with E-state index in [-0.39, 0.29) is 0 Å². The predicted octanol–water partition coefficient (Wildman–Crippen LogP) is 4.05. The average molecular weight is 298 g/mol. The molecule has 0 bridgehead atoms. The molecule has 112 valence electrons. The third-order valence-electron chi connectivity index (χ3n) is 3.73. The quantitative estimate of drug-likeness (QED) is 0.833. The second-order valence-electron chi connectivity index (χ2n) is 6.23. The van der Waals surface area contributed by atoms with Gasteiger partial charge in [-0.05, 0) is 31.6 Å². The third-order valence-corrected chi connectivity index (χ3v) is 3.93. The molecule has 4 nitrogen and oxygen atoms in total. The molecule has 0 radical (unpaired) electrons. The zero-order valence-electron chi connectivity index (χ0n) is 12.6. The molecule has 0 spiro atoms. The first-order valence-corrected chi connectivity index (χ1v) is 7.74. The summed E-state index contributed by atoms with van der Waals surface area (Å²) in [6, 6.07) is 2.25. The SMILES string of the molecule is CCOCc1nc(Cl)cc(NC2CCCC(C)(C)C2)n1. The summed E-state index contributed by atoms with van der Waals surface area (Å²) in [7, 11) is 0. The number of aromatic nitrogens is 2. The van der Waals surface area contributed by atoms with Crippen LogP contribution in [0.5, 0.6) is 0 Å². The Bertz CT molecular complexity index is 451. The second kappa shape index (κ2) is 6.72. The molecule has 1 aliphatic rings. The van der Waals surface area contributed by atoms with Crippen molar-refractivity contribution in [3.05, 3.63) is 17.0 Å². The van der Waals surface area contributed by atoms with Gasteiger partial charge in [0.05, 0.1) is 0 Å². The van der Waals surface area contributed by atoms with Crippen LogP contribution in [0.15, 0.2) is 6.07 Å². The van der Waals surface area contributed by atoms with Gasteiger partial charge in [-0.3, -0.25) is 0 Å². The molecule has 5 heteroatoms. The van der Waals surface area contributed by atoms with Gasteiger partial charge in [-0.1, -0.05) is 31.9 Å². The van der Waals surface area contributed by atoms with Gasteiger partial charge < -0.3 is 10.1 Å². The Morgan fingerprint density at radius 1 is 1.45 bits per heavy atom. The molecule has 20 heavy (non-hydrogen) atoms. The Morgan fingerprint density at radius 2 is 2.25 bits per heavy atom. The minimum Gasteiger partial charge on any atom is -0.374 e. The van der Waals surface area contributed by atoms with Crippen LogP contribution in [0.25, 0.3) is 0 Å². The van der Waals surface area contributed by atoms with Crippen LogP contribution in [0.1, 0.15) is 52.3 Å². The largest absolute Gasteiger partial charge is 0.374 e. The van der Waals surface area contributed by atoms with E-state index in [1.165, 1.54) is 19.3 Å². The maximum atomic E-state index is 6.06. The van der Waals surface area contributed by atoms with Crippen molar-refractivity contribution in [2.24, 2.45) is 5.41 Å². The van der Waals surface area contributed by atoms with Crippen molar-refractivity contribution < 1.29 is 4.74 Å². The summed E-state index contributed by atoms with van der Waals surface area (Å²) in [6.45, 7) is 7.66. The van der Waals surface area contributed by atoms with Gasteiger partial charge in [-0.25, -0.2) is 9.97 Å². The molecular formula is C15H24ClN3O. The Labute approximate surface area is 126 Å². The lowest BCUT2D eigenvalue weighted by molar-refractivity contribution is 0.128. The summed E-state index contributed by atoms with van der Waals surface area (Å²) >= 11 is 6.06. The Hall–Kier alpha value is -0.870. The van der Waals surface area contributed by atoms with Crippen molar-refractivity contribution in [2.75, 3.05) is 11.9 Å². The van der Waals surface area contributed by atoms with Crippen LogP contribution < -0.4 is 5.32 Å². The minimum absolute atomic E-state index is 0.404. The maximum absolute atomic E-state index is 6.06. The highest BCUT2D eigenvalue weighted by molar-refractivity contribution is 6.29. The zero-order chi connectivity index (χ0) is 14.6. The monoisotopic (exact) mass is 297 g/mol. The van der Waals surface area contributed by atoms with E-state index < -0.39 is 0 Å². The van der Waals surface area contributed by atoms with Crippen LogP contribution in [0, 0.1) is 5.41 Å². The summed E-state index contributed by atoms with van der Waals surface area (Å²) in [5.41, 5.74) is 0.404. The molecule has 1 aromatic rings. The first kappa shape index (κ1) is 15.5. The zero-order valence-corrected chi connectivity index (χ0v) is 13.3. The van der Waals surface area contributed by atoms with E-state index in [0.717, 1.165) is 12.2 Å². The molecule has 1 unspecified atom stereocenters. The van der Waals surface area contributed by atoms with E-state index >= 15 is 0 Å². The molecule has 1 fully saturated rings. The number of hydrogen-bond donors (Lipinski definition) is 1. The summed E-state index contributed by atoms with van der Waals surface area (Å²) in [5, 5.41) is 3.97. The third kappa shape index (κ3) is 4.60. The molecule has 1 N–H and O–H groups in total. The highest BCUT2D eigenvalue weighted by atomic mass is 35.5. The van der Waals surface area contributed by atoms with Crippen LogP contribution in [0.3, 0.4) is 0 Å². The van der Waals surface area contributed by atoms with Gasteiger partial charge in [0, 0.05) is 18.7 Å². The summed E-state index contributed by atoms with van der Waals surface area (Å²) in [4.78, 5) is 8.66. The lowest BCUT2D eigenvalue weighted by Gasteiger charge is -2.35. The maximum Gasteiger partial charge on any atom is 0.158 e. The molecule has 1 saturated carbocycles. The number of nitrogens with one attached hydrogen (secondary N) is 1. The first-order chi connectivity index (χ1) is 9.48. The topological polar surface area (TPSA) is 47.0 Å². The standard InChI is InChI=1S/C15H24ClN3O/c1-4-20-10-14-18-12(16)8-13(19-14)17-11-6-5-7-15(2,3)9-11/h8,11H,4-7,9-10H2,1-3H3,(H,17,18,19). The van der Waals surface area contributed by atoms with Crippen molar-refractivity contribution in [1.82, 2.24) is 9.97 Å². The predicted molar refractivity (Wildman–Crippen MR) is 82.0 cm³/mol. The van der Waals surface area contributed by atoms with E-state index in [9.17, 15) is 0 Å². The van der Waals surface area contributed by atoms with Gasteiger partial charge >= 0.3 is 0 Å². The van der Waals surface area contributed by atoms with Gasteiger partial charge in [0.1, 0.15) is 17.6 Å². The summed E-state index contributed by atoms with van der Waals surface area (Å²) in [6.07, 6.45) is 4.90. The fourth-order valence-corrected chi connectivity index (χ4v) is 3.03. The fourth-order valence-electron chi connectivity index (χ4n) is 2.83. The van der Waals surface area contributed by atoms with Crippen molar-refractivity contribution in [3.8, 4) is 0 Å². The van der Waals surface area contributed by atoms with E-state index in [1.807, 2.05) is 6.92 Å². The highest BCUT2D eigenvalue weighted by Crippen LogP contribution is 2.36. The highest BCUT2D eigenvalue weighted by Gasteiger charge is 2.28. The van der Waals surface area contributed by atoms with E-state index in [4.69, 9.17) is 16.3 Å². The van der Waals surface area contributed by atoms with Crippen molar-refractivity contribution >= 4 is 17.4 Å². The molecule has 1 aromatic heterocycles. The van der Waals surface area contributed by atoms with Crippen LogP contribution in [-0.4, -0.2) is 22.6 Å². The molecule has 0 amide bonds. The van der Waals surface area contributed by atoms with Crippen molar-refractivity contribution in [3.63, 3.8) is 0 Å². The Kier molecular flexibility index (Phi) is 5.22. The summed E-state index contributed by atoms with van der Waals surface area (Å²) in [5.74, 6) is 1.44. The lowest BCUT2D eigenvalue weighted by atomic mass is 9.75. The molecule has 1 heterocycles. The van der Waals surface area contributed by atoms with Gasteiger partial charge in [0.15, 0.2) is 5.82 Å². The smallest absolute Gasteiger partial charge is 0.158 e. The minimum atomic E-state index is 0.404. The Morgan fingerprint density at radius 3 is 2.95 bits per heavy atom. The number of anilines is 1. The fraction of sp³-hybridized carbons (Fsp3) is 0.733. The molecule has 0 aromatic carbocycles. The Balaban J connectivity index is 2.03. The van der Waals surface area contributed by atoms with E-state index in [2.05, 4.69) is 29.1 Å². The van der Waals surface area contributed by atoms with E-state index in [0.29, 0.717) is 35.6 Å². The molecule has 2 rings (SSSR count). The molecule has 0 aliphatic heterocycles. The normalized spacial score (nSPS) is 21.7. The number of rotatable bonds is 5. The van der Waals surface area contributed by atoms with Crippen molar-refractivity contribution in [1.29, 1.82) is 0 Å². The average Bonchev–Trinajstić information content (AvgIpc) is 2.34. The number of halogens is 1. The molecule has 0 saturated heterocycles. The van der Waals surface area contributed by atoms with Gasteiger partial charge in [-0.15, -0.1) is 0 Å². The van der Waals surface area contributed by atoms with Gasteiger partial charge in [0.25, 0.3) is 0 Å². The number of ether oxygens (including phenoxy) is 1. The van der Waals surface area contributed by atoms with Gasteiger partial charge in [0.2, 0.25) is 0 Å². The first-order valence-electron chi connectivity index (χ1n) is 7.36. The second-order valence-corrected chi connectivity index (χ2v) is 6.62. The van der Waals surface area contributed by atoms with Crippen LogP contribution in [0.2, 0.25) is 5.15 Å². The number of hydrogen-bond acceptors (Lipinski definition) is 4. The lowest BCUT2D eigenvalue weighted by Crippen LogP contribution is -2.32. The molecule has 1 atom stereocenters. The summed E-state index contributed by atoms with van der Waals surface area (Å²) < 4.78 is 5.34. The van der Waals surface area contributed by atoms with Gasteiger partial charge in [-0.2, -0.15) is 0 Å². The molecular weight excluding hydrogens is 274 g/mol. The van der Waals surface area contributed by atoms with Crippen LogP contribution in [-0.2, 0) is 11.3 Å². The van der Waals surface area contributed by atoms with E-state index in [1.54, 1.807) is 6.07 Å².